The van der Waals surface area contributed by atoms with Gasteiger partial charge in [0.15, 0.2) is 0 Å². The van der Waals surface area contributed by atoms with Crippen molar-refractivity contribution in [3.05, 3.63) is 65.9 Å². The number of carbonyl (C=O) groups is 2. The van der Waals surface area contributed by atoms with E-state index in [4.69, 9.17) is 4.74 Å². The summed E-state index contributed by atoms with van der Waals surface area (Å²) in [5.74, 6) is 0.940. The zero-order chi connectivity index (χ0) is 18.1. The summed E-state index contributed by atoms with van der Waals surface area (Å²) in [4.78, 5) is 25.2. The van der Waals surface area contributed by atoms with Crippen LogP contribution in [0.25, 0.3) is 10.9 Å². The number of methoxy groups -OCH3 is 1. The second-order valence-corrected chi connectivity index (χ2v) is 7.11. The third-order valence-corrected chi connectivity index (χ3v) is 5.39. The van der Waals surface area contributed by atoms with E-state index >= 15 is 0 Å². The molecular weight excluding hydrogens is 348 g/mol. The predicted octanol–water partition coefficient (Wildman–Crippen LogP) is 3.89. The fourth-order valence-electron chi connectivity index (χ4n) is 3.25. The Morgan fingerprint density at radius 2 is 1.92 bits per heavy atom. The van der Waals surface area contributed by atoms with Crippen molar-refractivity contribution >= 4 is 33.8 Å². The molecule has 0 radical (unpaired) electrons. The number of carbonyl (C=O) groups excluding carboxylic acids is 2. The summed E-state index contributed by atoms with van der Waals surface area (Å²) in [5.41, 5.74) is 3.19. The van der Waals surface area contributed by atoms with Crippen LogP contribution < -0.4 is 4.74 Å². The summed E-state index contributed by atoms with van der Waals surface area (Å²) in [7, 11) is 1.66. The van der Waals surface area contributed by atoms with E-state index in [2.05, 4.69) is 16.7 Å². The maximum Gasteiger partial charge on any atom is 0.289 e. The number of thioether (sulfide) groups is 1. The number of hydrogen-bond acceptors (Lipinski definition) is 4. The molecule has 0 aliphatic carbocycles. The summed E-state index contributed by atoms with van der Waals surface area (Å²) in [6, 6.07) is 16.0. The maximum absolute atomic E-state index is 12.0. The third kappa shape index (κ3) is 3.08. The fraction of sp³-hybridized carbons (Fsp3) is 0.200. The van der Waals surface area contributed by atoms with Crippen molar-refractivity contribution in [2.75, 3.05) is 12.9 Å². The zero-order valence-electron chi connectivity index (χ0n) is 14.3. The molecule has 132 valence electrons. The van der Waals surface area contributed by atoms with Gasteiger partial charge in [-0.2, -0.15) is 0 Å². The van der Waals surface area contributed by atoms with Gasteiger partial charge in [-0.3, -0.25) is 14.5 Å². The van der Waals surface area contributed by atoms with Gasteiger partial charge in [-0.05, 0) is 29.3 Å². The van der Waals surface area contributed by atoms with E-state index in [-0.39, 0.29) is 16.9 Å². The van der Waals surface area contributed by atoms with Gasteiger partial charge in [0.2, 0.25) is 5.91 Å². The fourth-order valence-corrected chi connectivity index (χ4v) is 3.98. The van der Waals surface area contributed by atoms with Crippen molar-refractivity contribution in [3.63, 3.8) is 0 Å². The lowest BCUT2D eigenvalue weighted by molar-refractivity contribution is -0.124. The molecule has 0 bridgehead atoms. The Kier molecular flexibility index (Phi) is 4.42. The van der Waals surface area contributed by atoms with Gasteiger partial charge in [-0.25, -0.2) is 0 Å². The number of amides is 2. The summed E-state index contributed by atoms with van der Waals surface area (Å²) < 4.78 is 7.45. The molecule has 0 saturated carbocycles. The van der Waals surface area contributed by atoms with Crippen molar-refractivity contribution in [1.29, 1.82) is 0 Å². The van der Waals surface area contributed by atoms with E-state index in [0.29, 0.717) is 13.1 Å². The second-order valence-electron chi connectivity index (χ2n) is 6.19. The molecule has 2 heterocycles. The molecule has 3 aromatic rings. The highest BCUT2D eigenvalue weighted by Crippen LogP contribution is 2.27. The summed E-state index contributed by atoms with van der Waals surface area (Å²) >= 11 is 1.07. The van der Waals surface area contributed by atoms with Gasteiger partial charge >= 0.3 is 0 Å². The lowest BCUT2D eigenvalue weighted by Gasteiger charge is -2.11. The molecule has 6 heteroatoms. The molecule has 0 atom stereocenters. The van der Waals surface area contributed by atoms with E-state index in [9.17, 15) is 9.59 Å². The Morgan fingerprint density at radius 1 is 1.08 bits per heavy atom. The molecule has 2 aromatic carbocycles. The summed E-state index contributed by atoms with van der Waals surface area (Å²) in [6.07, 6.45) is 2.04. The van der Waals surface area contributed by atoms with Crippen molar-refractivity contribution in [2.45, 2.75) is 13.1 Å². The van der Waals surface area contributed by atoms with Crippen LogP contribution >= 0.6 is 11.8 Å². The molecule has 5 nitrogen and oxygen atoms in total. The smallest absolute Gasteiger partial charge is 0.289 e. The molecule has 1 fully saturated rings. The third-order valence-electron chi connectivity index (χ3n) is 4.53. The minimum atomic E-state index is -0.167. The van der Waals surface area contributed by atoms with E-state index in [1.165, 1.54) is 4.90 Å². The number of fused-ring (bicyclic) bond motifs is 1. The average Bonchev–Trinajstić information content (AvgIpc) is 3.17. The molecule has 1 aliphatic heterocycles. The van der Waals surface area contributed by atoms with Crippen molar-refractivity contribution in [2.24, 2.45) is 0 Å². The number of rotatable bonds is 5. The Labute approximate surface area is 155 Å². The van der Waals surface area contributed by atoms with Gasteiger partial charge in [0, 0.05) is 23.6 Å². The Balaban J connectivity index is 1.69. The maximum atomic E-state index is 12.0. The number of benzene rings is 2. The molecule has 0 spiro atoms. The minimum absolute atomic E-state index is 0.121. The van der Waals surface area contributed by atoms with Gasteiger partial charge < -0.3 is 9.30 Å². The van der Waals surface area contributed by atoms with Crippen LogP contribution in [0.5, 0.6) is 5.75 Å². The molecule has 1 aromatic heterocycles. The number of hydrogen-bond donors (Lipinski definition) is 0. The quantitative estimate of drug-likeness (QED) is 0.687. The number of aromatic nitrogens is 1. The van der Waals surface area contributed by atoms with E-state index in [1.807, 2.05) is 42.6 Å². The summed E-state index contributed by atoms with van der Waals surface area (Å²) in [5, 5.41) is 0.896. The first-order chi connectivity index (χ1) is 12.7. The van der Waals surface area contributed by atoms with Crippen molar-refractivity contribution in [3.8, 4) is 5.75 Å². The monoisotopic (exact) mass is 366 g/mol. The van der Waals surface area contributed by atoms with Crippen LogP contribution in [-0.2, 0) is 17.9 Å². The van der Waals surface area contributed by atoms with Crippen molar-refractivity contribution < 1.29 is 14.3 Å². The van der Waals surface area contributed by atoms with Crippen LogP contribution in [0.3, 0.4) is 0 Å². The van der Waals surface area contributed by atoms with Gasteiger partial charge in [0.1, 0.15) is 5.75 Å². The molecule has 1 aliphatic rings. The first-order valence-corrected chi connectivity index (χ1v) is 9.31. The number of imide groups is 1. The highest BCUT2D eigenvalue weighted by Gasteiger charge is 2.30. The molecule has 26 heavy (non-hydrogen) atoms. The van der Waals surface area contributed by atoms with Crippen LogP contribution in [-0.4, -0.2) is 33.5 Å². The normalized spacial score (nSPS) is 14.4. The highest BCUT2D eigenvalue weighted by atomic mass is 32.2. The molecule has 4 rings (SSSR count). The van der Waals surface area contributed by atoms with Crippen LogP contribution in [0.2, 0.25) is 0 Å². The zero-order valence-corrected chi connectivity index (χ0v) is 15.2. The first-order valence-electron chi connectivity index (χ1n) is 8.32. The van der Waals surface area contributed by atoms with Crippen LogP contribution in [0, 0.1) is 0 Å². The lowest BCUT2D eigenvalue weighted by atomic mass is 10.1. The second kappa shape index (κ2) is 6.88. The summed E-state index contributed by atoms with van der Waals surface area (Å²) in [6.45, 7) is 1.00. The Bertz CT molecular complexity index is 980. The van der Waals surface area contributed by atoms with Gasteiger partial charge in [0.05, 0.1) is 19.4 Å². The van der Waals surface area contributed by atoms with Gasteiger partial charge in [-0.15, -0.1) is 0 Å². The Morgan fingerprint density at radius 3 is 2.69 bits per heavy atom. The van der Waals surface area contributed by atoms with E-state index in [0.717, 1.165) is 39.5 Å². The minimum Gasteiger partial charge on any atom is -0.497 e. The highest BCUT2D eigenvalue weighted by molar-refractivity contribution is 8.14. The Hall–Kier alpha value is -2.73. The van der Waals surface area contributed by atoms with Crippen LogP contribution in [0.15, 0.2) is 54.7 Å². The van der Waals surface area contributed by atoms with Crippen LogP contribution in [0.4, 0.5) is 4.79 Å². The molecular formula is C20H18N2O3S. The molecule has 0 unspecified atom stereocenters. The number of nitrogens with zero attached hydrogens (tertiary/aromatic N) is 2. The standard InChI is InChI=1S/C20H18N2O3S/c1-25-16-6-4-5-14(9-16)10-21-11-15(17-7-2-3-8-18(17)21)12-22-19(23)13-26-20(22)24/h2-9,11H,10,12-13H2,1H3. The SMILES string of the molecule is COc1cccc(Cn2cc(CN3C(=O)CSC3=O)c3ccccc32)c1. The largest absolute Gasteiger partial charge is 0.497 e. The topological polar surface area (TPSA) is 51.5 Å². The average molecular weight is 366 g/mol. The van der Waals surface area contributed by atoms with Gasteiger partial charge in [0.25, 0.3) is 5.24 Å². The predicted molar refractivity (Wildman–Crippen MR) is 102 cm³/mol. The lowest BCUT2D eigenvalue weighted by Crippen LogP contribution is -2.27. The molecule has 2 amide bonds. The molecule has 0 N–H and O–H groups in total. The molecule has 1 saturated heterocycles. The number of ether oxygens (including phenoxy) is 1. The number of para-hydroxylation sites is 1. The van der Waals surface area contributed by atoms with Crippen LogP contribution in [0.1, 0.15) is 11.1 Å². The van der Waals surface area contributed by atoms with E-state index in [1.54, 1.807) is 7.11 Å². The first kappa shape index (κ1) is 16.7. The van der Waals surface area contributed by atoms with E-state index < -0.39 is 0 Å². The van der Waals surface area contributed by atoms with Crippen molar-refractivity contribution in [1.82, 2.24) is 9.47 Å². The van der Waals surface area contributed by atoms with Gasteiger partial charge in [-0.1, -0.05) is 42.1 Å².